The Kier molecular flexibility index (Phi) is 4.41. The van der Waals surface area contributed by atoms with E-state index in [1.54, 1.807) is 12.1 Å². The highest BCUT2D eigenvalue weighted by Crippen LogP contribution is 2.11. The van der Waals surface area contributed by atoms with Crippen molar-refractivity contribution in [3.05, 3.63) is 24.3 Å². The van der Waals surface area contributed by atoms with Crippen LogP contribution in [0.15, 0.2) is 24.3 Å². The van der Waals surface area contributed by atoms with Crippen molar-refractivity contribution in [3.63, 3.8) is 0 Å². The number of nitrogen functional groups attached to an aromatic ring is 1. The summed E-state index contributed by atoms with van der Waals surface area (Å²) in [6, 6.07) is 6.97. The summed E-state index contributed by atoms with van der Waals surface area (Å²) >= 11 is 0. The lowest BCUT2D eigenvalue weighted by Gasteiger charge is -2.15. The minimum atomic E-state index is -0.181. The lowest BCUT2D eigenvalue weighted by atomic mass is 10.3. The van der Waals surface area contributed by atoms with Crippen LogP contribution in [0, 0.1) is 0 Å². The highest BCUT2D eigenvalue weighted by Gasteiger charge is 2.10. The topological polar surface area (TPSA) is 70.4 Å². The van der Waals surface area contributed by atoms with Gasteiger partial charge in [-0.3, -0.25) is 0 Å². The fraction of sp³-hybridized carbons (Fsp3) is 0.462. The van der Waals surface area contributed by atoms with Gasteiger partial charge >= 0.3 is 6.03 Å². The molecule has 0 aromatic heterocycles. The zero-order valence-corrected chi connectivity index (χ0v) is 10.5. The van der Waals surface area contributed by atoms with E-state index in [1.807, 2.05) is 12.1 Å². The van der Waals surface area contributed by atoms with Crippen molar-refractivity contribution in [1.82, 2.24) is 10.2 Å². The minimum Gasteiger partial charge on any atom is -0.399 e. The Bertz CT molecular complexity index is 402. The lowest BCUT2D eigenvalue weighted by Crippen LogP contribution is -2.35. The van der Waals surface area contributed by atoms with Gasteiger partial charge in [0.05, 0.1) is 0 Å². The van der Waals surface area contributed by atoms with Crippen LogP contribution in [0.4, 0.5) is 16.2 Å². The maximum absolute atomic E-state index is 11.6. The molecule has 1 saturated heterocycles. The van der Waals surface area contributed by atoms with Gasteiger partial charge in [0.2, 0.25) is 0 Å². The molecule has 0 spiro atoms. The van der Waals surface area contributed by atoms with Crippen molar-refractivity contribution in [2.75, 3.05) is 37.2 Å². The molecule has 5 heteroatoms. The molecular weight excluding hydrogens is 228 g/mol. The number of benzene rings is 1. The summed E-state index contributed by atoms with van der Waals surface area (Å²) in [5.74, 6) is 0. The molecule has 1 aliphatic rings. The molecule has 0 saturated carbocycles. The first kappa shape index (κ1) is 12.7. The second kappa shape index (κ2) is 6.26. The third-order valence-electron chi connectivity index (χ3n) is 3.06. The molecule has 98 valence electrons. The van der Waals surface area contributed by atoms with Gasteiger partial charge in [-0.1, -0.05) is 6.07 Å². The third kappa shape index (κ3) is 3.92. The van der Waals surface area contributed by atoms with Crippen LogP contribution in [0.1, 0.15) is 12.8 Å². The van der Waals surface area contributed by atoms with Crippen LogP contribution in [-0.4, -0.2) is 37.1 Å². The highest BCUT2D eigenvalue weighted by atomic mass is 16.2. The monoisotopic (exact) mass is 248 g/mol. The molecule has 4 N–H and O–H groups in total. The molecule has 0 radical (unpaired) electrons. The van der Waals surface area contributed by atoms with Crippen LogP contribution < -0.4 is 16.4 Å². The Morgan fingerprint density at radius 3 is 2.83 bits per heavy atom. The van der Waals surface area contributed by atoms with E-state index >= 15 is 0 Å². The molecule has 0 atom stereocenters. The van der Waals surface area contributed by atoms with Gasteiger partial charge in [0.1, 0.15) is 0 Å². The maximum atomic E-state index is 11.6. The lowest BCUT2D eigenvalue weighted by molar-refractivity contribution is 0.249. The normalized spacial score (nSPS) is 15.6. The number of nitrogens with two attached hydrogens (primary N) is 1. The van der Waals surface area contributed by atoms with E-state index in [2.05, 4.69) is 15.5 Å². The van der Waals surface area contributed by atoms with E-state index in [4.69, 9.17) is 5.73 Å². The number of nitrogens with zero attached hydrogens (tertiary/aromatic N) is 1. The first-order valence-corrected chi connectivity index (χ1v) is 6.37. The van der Waals surface area contributed by atoms with Gasteiger partial charge in [-0.25, -0.2) is 4.79 Å². The summed E-state index contributed by atoms with van der Waals surface area (Å²) in [4.78, 5) is 14.0. The molecule has 1 aliphatic heterocycles. The molecule has 2 amide bonds. The summed E-state index contributed by atoms with van der Waals surface area (Å²) in [7, 11) is 0. The second-order valence-corrected chi connectivity index (χ2v) is 4.56. The molecule has 0 aliphatic carbocycles. The number of urea groups is 1. The first-order chi connectivity index (χ1) is 8.74. The average Bonchev–Trinajstić information content (AvgIpc) is 2.82. The van der Waals surface area contributed by atoms with E-state index in [0.717, 1.165) is 19.6 Å². The molecular formula is C13H20N4O. The van der Waals surface area contributed by atoms with Crippen LogP contribution in [0.2, 0.25) is 0 Å². The van der Waals surface area contributed by atoms with Crippen LogP contribution in [0.3, 0.4) is 0 Å². The van der Waals surface area contributed by atoms with Crippen LogP contribution >= 0.6 is 0 Å². The predicted molar refractivity (Wildman–Crippen MR) is 73.5 cm³/mol. The van der Waals surface area contributed by atoms with E-state index < -0.39 is 0 Å². The van der Waals surface area contributed by atoms with Crippen LogP contribution in [0.25, 0.3) is 0 Å². The Balaban J connectivity index is 1.68. The SMILES string of the molecule is Nc1cccc(NC(=O)NCCN2CCCC2)c1. The summed E-state index contributed by atoms with van der Waals surface area (Å²) in [5, 5.41) is 5.60. The average molecular weight is 248 g/mol. The first-order valence-electron chi connectivity index (χ1n) is 6.37. The number of likely N-dealkylation sites (tertiary alicyclic amines) is 1. The smallest absolute Gasteiger partial charge is 0.319 e. The standard InChI is InChI=1S/C13H20N4O/c14-11-4-3-5-12(10-11)16-13(18)15-6-9-17-7-1-2-8-17/h3-5,10H,1-2,6-9,14H2,(H2,15,16,18). The third-order valence-corrected chi connectivity index (χ3v) is 3.06. The Hall–Kier alpha value is -1.75. The van der Waals surface area contributed by atoms with E-state index in [9.17, 15) is 4.79 Å². The van der Waals surface area contributed by atoms with E-state index in [-0.39, 0.29) is 6.03 Å². The van der Waals surface area contributed by atoms with Gasteiger partial charge in [-0.15, -0.1) is 0 Å². The quantitative estimate of drug-likeness (QED) is 0.707. The van der Waals surface area contributed by atoms with Gasteiger partial charge < -0.3 is 21.3 Å². The Labute approximate surface area is 107 Å². The summed E-state index contributed by atoms with van der Waals surface area (Å²) in [6.07, 6.45) is 2.55. The van der Waals surface area contributed by atoms with Crippen molar-refractivity contribution in [3.8, 4) is 0 Å². The molecule has 1 fully saturated rings. The number of hydrogen-bond donors (Lipinski definition) is 3. The highest BCUT2D eigenvalue weighted by molar-refractivity contribution is 5.89. The number of anilines is 2. The largest absolute Gasteiger partial charge is 0.399 e. The van der Waals surface area contributed by atoms with Gasteiger partial charge in [-0.05, 0) is 44.1 Å². The molecule has 18 heavy (non-hydrogen) atoms. The molecule has 1 aromatic rings. The molecule has 2 rings (SSSR count). The molecule has 0 unspecified atom stereocenters. The van der Waals surface area contributed by atoms with Crippen molar-refractivity contribution in [1.29, 1.82) is 0 Å². The van der Waals surface area contributed by atoms with Gasteiger partial charge in [0.25, 0.3) is 0 Å². The number of nitrogens with one attached hydrogen (secondary N) is 2. The number of carbonyl (C=O) groups excluding carboxylic acids is 1. The summed E-state index contributed by atoms with van der Waals surface area (Å²) in [5.41, 5.74) is 7.00. The number of rotatable bonds is 4. The Morgan fingerprint density at radius 1 is 1.33 bits per heavy atom. The molecule has 0 bridgehead atoms. The second-order valence-electron chi connectivity index (χ2n) is 4.56. The Morgan fingerprint density at radius 2 is 2.11 bits per heavy atom. The van der Waals surface area contributed by atoms with E-state index in [1.165, 1.54) is 12.8 Å². The minimum absolute atomic E-state index is 0.181. The number of amides is 2. The fourth-order valence-electron chi connectivity index (χ4n) is 2.13. The van der Waals surface area contributed by atoms with Crippen molar-refractivity contribution in [2.45, 2.75) is 12.8 Å². The maximum Gasteiger partial charge on any atom is 0.319 e. The fourth-order valence-corrected chi connectivity index (χ4v) is 2.13. The van der Waals surface area contributed by atoms with Gasteiger partial charge in [0.15, 0.2) is 0 Å². The van der Waals surface area contributed by atoms with Gasteiger partial charge in [0, 0.05) is 24.5 Å². The number of carbonyl (C=O) groups is 1. The summed E-state index contributed by atoms with van der Waals surface area (Å²) in [6.45, 7) is 3.90. The molecule has 1 aromatic carbocycles. The van der Waals surface area contributed by atoms with Crippen LogP contribution in [0.5, 0.6) is 0 Å². The summed E-state index contributed by atoms with van der Waals surface area (Å²) < 4.78 is 0. The predicted octanol–water partition coefficient (Wildman–Crippen LogP) is 1.49. The van der Waals surface area contributed by atoms with Gasteiger partial charge in [-0.2, -0.15) is 0 Å². The zero-order valence-electron chi connectivity index (χ0n) is 10.5. The molecule has 1 heterocycles. The van der Waals surface area contributed by atoms with Crippen molar-refractivity contribution >= 4 is 17.4 Å². The zero-order chi connectivity index (χ0) is 12.8. The van der Waals surface area contributed by atoms with Crippen molar-refractivity contribution in [2.24, 2.45) is 0 Å². The molecule has 5 nitrogen and oxygen atoms in total. The van der Waals surface area contributed by atoms with Crippen molar-refractivity contribution < 1.29 is 4.79 Å². The van der Waals surface area contributed by atoms with Crippen LogP contribution in [-0.2, 0) is 0 Å². The van der Waals surface area contributed by atoms with E-state index in [0.29, 0.717) is 17.9 Å². The number of hydrogen-bond acceptors (Lipinski definition) is 3.